The van der Waals surface area contributed by atoms with E-state index in [-0.39, 0.29) is 17.2 Å². The Morgan fingerprint density at radius 1 is 1.09 bits per heavy atom. The predicted octanol–water partition coefficient (Wildman–Crippen LogP) is 2.61. The summed E-state index contributed by atoms with van der Waals surface area (Å²) in [6.07, 6.45) is 0. The molecule has 23 heavy (non-hydrogen) atoms. The van der Waals surface area contributed by atoms with Gasteiger partial charge in [0.15, 0.2) is 0 Å². The summed E-state index contributed by atoms with van der Waals surface area (Å²) in [5.74, 6) is -0.916. The van der Waals surface area contributed by atoms with Crippen LogP contribution in [0.4, 0.5) is 5.69 Å². The second-order valence-corrected chi connectivity index (χ2v) is 6.21. The minimum atomic E-state index is -0.480. The van der Waals surface area contributed by atoms with Crippen LogP contribution in [0, 0.1) is 6.92 Å². The molecule has 0 saturated carbocycles. The summed E-state index contributed by atoms with van der Waals surface area (Å²) in [6, 6.07) is 12.7. The first-order valence-electron chi connectivity index (χ1n) is 7.02. The van der Waals surface area contributed by atoms with Crippen LogP contribution in [-0.2, 0) is 4.79 Å². The zero-order valence-corrected chi connectivity index (χ0v) is 13.2. The zero-order chi connectivity index (χ0) is 16.4. The number of nitrogens with one attached hydrogen (secondary N) is 2. The number of thioether (sulfide) groups is 1. The Balaban J connectivity index is 1.68. The van der Waals surface area contributed by atoms with Gasteiger partial charge in [-0.1, -0.05) is 23.8 Å². The number of carbonyl (C=O) groups excluding carboxylic acids is 3. The van der Waals surface area contributed by atoms with Crippen LogP contribution in [0.1, 0.15) is 26.3 Å². The van der Waals surface area contributed by atoms with Crippen LogP contribution in [0.5, 0.6) is 0 Å². The van der Waals surface area contributed by atoms with Crippen LogP contribution < -0.4 is 10.6 Å². The van der Waals surface area contributed by atoms with Crippen molar-refractivity contribution in [3.05, 3.63) is 59.2 Å². The summed E-state index contributed by atoms with van der Waals surface area (Å²) in [5.41, 5.74) is 2.04. The largest absolute Gasteiger partial charge is 0.325 e. The van der Waals surface area contributed by atoms with Gasteiger partial charge in [-0.05, 0) is 31.2 Å². The third kappa shape index (κ3) is 3.27. The van der Waals surface area contributed by atoms with Crippen LogP contribution in [-0.4, -0.2) is 23.5 Å². The van der Waals surface area contributed by atoms with Crippen molar-refractivity contribution in [2.24, 2.45) is 0 Å². The quantitative estimate of drug-likeness (QED) is 0.669. The molecule has 3 amide bonds. The monoisotopic (exact) mass is 326 g/mol. The smallest absolute Gasteiger partial charge is 0.261 e. The fraction of sp³-hybridized carbons (Fsp3) is 0.118. The van der Waals surface area contributed by atoms with E-state index in [1.807, 2.05) is 31.2 Å². The van der Waals surface area contributed by atoms with Crippen LogP contribution in [0.3, 0.4) is 0 Å². The highest BCUT2D eigenvalue weighted by Gasteiger charge is 2.29. The maximum Gasteiger partial charge on any atom is 0.261 e. The normalized spacial score (nSPS) is 12.7. The molecule has 2 N–H and O–H groups in total. The van der Waals surface area contributed by atoms with E-state index in [1.165, 1.54) is 11.8 Å². The average Bonchev–Trinajstić information content (AvgIpc) is 2.82. The van der Waals surface area contributed by atoms with Crippen LogP contribution in [0.25, 0.3) is 0 Å². The topological polar surface area (TPSA) is 75.3 Å². The molecule has 6 heteroatoms. The van der Waals surface area contributed by atoms with Gasteiger partial charge in [0.05, 0.1) is 22.6 Å². The second-order valence-electron chi connectivity index (χ2n) is 5.16. The lowest BCUT2D eigenvalue weighted by molar-refractivity contribution is -0.113. The molecule has 2 aromatic carbocycles. The van der Waals surface area contributed by atoms with E-state index in [9.17, 15) is 14.4 Å². The second kappa shape index (κ2) is 6.26. The molecule has 1 aliphatic heterocycles. The lowest BCUT2D eigenvalue weighted by Crippen LogP contribution is -2.21. The Morgan fingerprint density at radius 3 is 2.57 bits per heavy atom. The molecule has 0 spiro atoms. The molecular weight excluding hydrogens is 312 g/mol. The highest BCUT2D eigenvalue weighted by molar-refractivity contribution is 8.00. The van der Waals surface area contributed by atoms with Crippen molar-refractivity contribution in [3.63, 3.8) is 0 Å². The van der Waals surface area contributed by atoms with E-state index in [0.717, 1.165) is 10.5 Å². The van der Waals surface area contributed by atoms with Gasteiger partial charge < -0.3 is 5.32 Å². The number of anilines is 1. The first kappa shape index (κ1) is 15.3. The zero-order valence-electron chi connectivity index (χ0n) is 12.4. The van der Waals surface area contributed by atoms with Crippen molar-refractivity contribution in [2.75, 3.05) is 11.1 Å². The van der Waals surface area contributed by atoms with Gasteiger partial charge >= 0.3 is 0 Å². The molecule has 3 rings (SSSR count). The van der Waals surface area contributed by atoms with Gasteiger partial charge in [0.1, 0.15) is 0 Å². The third-order valence-electron chi connectivity index (χ3n) is 3.43. The van der Waals surface area contributed by atoms with Gasteiger partial charge in [0.2, 0.25) is 5.91 Å². The van der Waals surface area contributed by atoms with E-state index in [4.69, 9.17) is 0 Å². The van der Waals surface area contributed by atoms with E-state index in [0.29, 0.717) is 11.3 Å². The maximum atomic E-state index is 12.1. The Kier molecular flexibility index (Phi) is 4.16. The minimum absolute atomic E-state index is 0.224. The first-order valence-corrected chi connectivity index (χ1v) is 8.01. The van der Waals surface area contributed by atoms with Crippen molar-refractivity contribution < 1.29 is 14.4 Å². The summed E-state index contributed by atoms with van der Waals surface area (Å²) >= 11 is 1.41. The number of benzene rings is 2. The molecule has 2 aromatic rings. The molecule has 0 atom stereocenters. The van der Waals surface area contributed by atoms with Gasteiger partial charge in [0.25, 0.3) is 11.8 Å². The van der Waals surface area contributed by atoms with Crippen molar-refractivity contribution >= 4 is 35.2 Å². The highest BCUT2D eigenvalue weighted by Crippen LogP contribution is 2.25. The Hall–Kier alpha value is -2.60. The first-order chi connectivity index (χ1) is 11.0. The summed E-state index contributed by atoms with van der Waals surface area (Å²) in [7, 11) is 0. The molecule has 116 valence electrons. The SMILES string of the molecule is Cc1ccc(SCC(=O)Nc2cccc3c2C(=O)NC3=O)cc1. The van der Waals surface area contributed by atoms with Crippen LogP contribution in [0.15, 0.2) is 47.4 Å². The molecule has 0 radical (unpaired) electrons. The lowest BCUT2D eigenvalue weighted by Gasteiger charge is -2.08. The standard InChI is InChI=1S/C17H14N2O3S/c1-10-5-7-11(8-6-10)23-9-14(20)18-13-4-2-3-12-15(13)17(22)19-16(12)21/h2-8H,9H2,1H3,(H,18,20)(H,19,21,22). The van der Waals surface area contributed by atoms with E-state index >= 15 is 0 Å². The fourth-order valence-electron chi connectivity index (χ4n) is 2.29. The number of imide groups is 1. The molecule has 0 saturated heterocycles. The predicted molar refractivity (Wildman–Crippen MR) is 88.8 cm³/mol. The summed E-state index contributed by atoms with van der Waals surface area (Å²) in [4.78, 5) is 36.5. The Bertz CT molecular complexity index is 800. The van der Waals surface area contributed by atoms with E-state index in [1.54, 1.807) is 18.2 Å². The van der Waals surface area contributed by atoms with Crippen molar-refractivity contribution in [2.45, 2.75) is 11.8 Å². The number of carbonyl (C=O) groups is 3. The van der Waals surface area contributed by atoms with E-state index in [2.05, 4.69) is 10.6 Å². The minimum Gasteiger partial charge on any atom is -0.325 e. The highest BCUT2D eigenvalue weighted by atomic mass is 32.2. The Morgan fingerprint density at radius 2 is 1.83 bits per heavy atom. The van der Waals surface area contributed by atoms with Gasteiger partial charge in [-0.2, -0.15) is 0 Å². The molecule has 1 heterocycles. The number of rotatable bonds is 4. The maximum absolute atomic E-state index is 12.1. The summed E-state index contributed by atoms with van der Waals surface area (Å²) < 4.78 is 0. The summed E-state index contributed by atoms with van der Waals surface area (Å²) in [5, 5.41) is 4.93. The molecule has 0 fully saturated rings. The number of amides is 3. The Labute approximate surface area is 137 Å². The van der Waals surface area contributed by atoms with Gasteiger partial charge in [-0.25, -0.2) is 0 Å². The fourth-order valence-corrected chi connectivity index (χ4v) is 2.99. The number of fused-ring (bicyclic) bond motifs is 1. The van der Waals surface area contributed by atoms with Gasteiger partial charge in [-0.3, -0.25) is 19.7 Å². The van der Waals surface area contributed by atoms with Crippen molar-refractivity contribution in [1.82, 2.24) is 5.32 Å². The molecule has 0 unspecified atom stereocenters. The number of hydrogen-bond acceptors (Lipinski definition) is 4. The van der Waals surface area contributed by atoms with Gasteiger partial charge in [-0.15, -0.1) is 11.8 Å². The molecule has 0 bridgehead atoms. The molecule has 5 nitrogen and oxygen atoms in total. The molecule has 0 aromatic heterocycles. The van der Waals surface area contributed by atoms with Gasteiger partial charge in [0, 0.05) is 4.90 Å². The van der Waals surface area contributed by atoms with E-state index < -0.39 is 11.8 Å². The van der Waals surface area contributed by atoms with Crippen molar-refractivity contribution in [3.8, 4) is 0 Å². The number of hydrogen-bond donors (Lipinski definition) is 2. The lowest BCUT2D eigenvalue weighted by atomic mass is 10.1. The molecule has 0 aliphatic carbocycles. The number of aryl methyl sites for hydroxylation is 1. The average molecular weight is 326 g/mol. The third-order valence-corrected chi connectivity index (χ3v) is 4.44. The molecule has 1 aliphatic rings. The van der Waals surface area contributed by atoms with Crippen LogP contribution in [0.2, 0.25) is 0 Å². The van der Waals surface area contributed by atoms with Crippen LogP contribution >= 0.6 is 11.8 Å². The van der Waals surface area contributed by atoms with Crippen molar-refractivity contribution in [1.29, 1.82) is 0 Å². The summed E-state index contributed by atoms with van der Waals surface area (Å²) in [6.45, 7) is 2.00. The molecular formula is C17H14N2O3S.